The molecule has 3 atom stereocenters. The van der Waals surface area contributed by atoms with E-state index >= 15 is 0 Å². The van der Waals surface area contributed by atoms with Gasteiger partial charge < -0.3 is 10.5 Å². The van der Waals surface area contributed by atoms with Crippen molar-refractivity contribution in [3.05, 3.63) is 35.9 Å². The molecule has 0 saturated carbocycles. The Labute approximate surface area is 116 Å². The molecule has 0 radical (unpaired) electrons. The van der Waals surface area contributed by atoms with Crippen LogP contribution in [0.2, 0.25) is 0 Å². The number of nitrogens with two attached hydrogens (primary N) is 1. The van der Waals surface area contributed by atoms with Crippen LogP contribution in [0.4, 0.5) is 0 Å². The largest absolute Gasteiger partial charge is 0.384 e. The first-order chi connectivity index (χ1) is 9.22. The SMILES string of the molecule is COCC1CCCN(C(C)C(N)c2ccccc2)C1. The summed E-state index contributed by atoms with van der Waals surface area (Å²) in [6, 6.07) is 10.9. The van der Waals surface area contributed by atoms with Crippen LogP contribution in [-0.2, 0) is 4.74 Å². The summed E-state index contributed by atoms with van der Waals surface area (Å²) in [4.78, 5) is 2.52. The predicted octanol–water partition coefficient (Wildman–Crippen LogP) is 2.43. The fourth-order valence-electron chi connectivity index (χ4n) is 3.02. The van der Waals surface area contributed by atoms with E-state index < -0.39 is 0 Å². The Morgan fingerprint density at radius 3 is 2.79 bits per heavy atom. The zero-order valence-corrected chi connectivity index (χ0v) is 12.1. The summed E-state index contributed by atoms with van der Waals surface area (Å²) in [5, 5.41) is 0. The van der Waals surface area contributed by atoms with Crippen molar-refractivity contribution in [1.29, 1.82) is 0 Å². The fourth-order valence-corrected chi connectivity index (χ4v) is 3.02. The number of benzene rings is 1. The highest BCUT2D eigenvalue weighted by atomic mass is 16.5. The molecule has 0 aliphatic carbocycles. The third-order valence-electron chi connectivity index (χ3n) is 4.23. The third kappa shape index (κ3) is 3.78. The van der Waals surface area contributed by atoms with E-state index in [-0.39, 0.29) is 6.04 Å². The lowest BCUT2D eigenvalue weighted by molar-refractivity contribution is 0.0656. The monoisotopic (exact) mass is 262 g/mol. The second-order valence-corrected chi connectivity index (χ2v) is 5.64. The van der Waals surface area contributed by atoms with Gasteiger partial charge in [0.2, 0.25) is 0 Å². The molecular weight excluding hydrogens is 236 g/mol. The molecule has 106 valence electrons. The number of methoxy groups -OCH3 is 1. The van der Waals surface area contributed by atoms with Crippen LogP contribution in [-0.4, -0.2) is 37.7 Å². The summed E-state index contributed by atoms with van der Waals surface area (Å²) in [6.07, 6.45) is 2.53. The Balaban J connectivity index is 1.96. The van der Waals surface area contributed by atoms with Gasteiger partial charge in [-0.3, -0.25) is 4.90 Å². The second-order valence-electron chi connectivity index (χ2n) is 5.64. The van der Waals surface area contributed by atoms with Crippen molar-refractivity contribution in [2.24, 2.45) is 11.7 Å². The molecule has 2 N–H and O–H groups in total. The highest BCUT2D eigenvalue weighted by Gasteiger charge is 2.27. The average Bonchev–Trinajstić information content (AvgIpc) is 2.47. The quantitative estimate of drug-likeness (QED) is 0.885. The zero-order valence-electron chi connectivity index (χ0n) is 12.1. The van der Waals surface area contributed by atoms with E-state index in [2.05, 4.69) is 36.1 Å². The minimum atomic E-state index is 0.0856. The molecule has 3 heteroatoms. The molecule has 1 aliphatic heterocycles. The Kier molecular flexibility index (Phi) is 5.37. The highest BCUT2D eigenvalue weighted by Crippen LogP contribution is 2.24. The minimum absolute atomic E-state index is 0.0856. The number of rotatable bonds is 5. The van der Waals surface area contributed by atoms with Crippen molar-refractivity contribution in [3.8, 4) is 0 Å². The average molecular weight is 262 g/mol. The first-order valence-electron chi connectivity index (χ1n) is 7.26. The van der Waals surface area contributed by atoms with Gasteiger partial charge in [0, 0.05) is 25.7 Å². The van der Waals surface area contributed by atoms with Crippen LogP contribution in [0.5, 0.6) is 0 Å². The van der Waals surface area contributed by atoms with Gasteiger partial charge in [-0.2, -0.15) is 0 Å². The van der Waals surface area contributed by atoms with Crippen LogP contribution in [0.25, 0.3) is 0 Å². The fraction of sp³-hybridized carbons (Fsp3) is 0.625. The van der Waals surface area contributed by atoms with Crippen LogP contribution >= 0.6 is 0 Å². The topological polar surface area (TPSA) is 38.5 Å². The summed E-state index contributed by atoms with van der Waals surface area (Å²) < 4.78 is 5.30. The minimum Gasteiger partial charge on any atom is -0.384 e. The van der Waals surface area contributed by atoms with Gasteiger partial charge in [0.15, 0.2) is 0 Å². The number of hydrogen-bond donors (Lipinski definition) is 1. The predicted molar refractivity (Wildman–Crippen MR) is 79.0 cm³/mol. The van der Waals surface area contributed by atoms with Gasteiger partial charge in [0.05, 0.1) is 6.61 Å². The maximum absolute atomic E-state index is 6.42. The van der Waals surface area contributed by atoms with Crippen molar-refractivity contribution in [2.75, 3.05) is 26.8 Å². The van der Waals surface area contributed by atoms with E-state index in [0.717, 1.165) is 19.7 Å². The summed E-state index contributed by atoms with van der Waals surface area (Å²) in [6.45, 7) is 5.37. The number of ether oxygens (including phenoxy) is 1. The van der Waals surface area contributed by atoms with Gasteiger partial charge in [-0.05, 0) is 37.8 Å². The lowest BCUT2D eigenvalue weighted by Gasteiger charge is -2.39. The first kappa shape index (κ1) is 14.5. The lowest BCUT2D eigenvalue weighted by Crippen LogP contribution is -2.46. The van der Waals surface area contributed by atoms with E-state index in [1.165, 1.54) is 18.4 Å². The maximum atomic E-state index is 6.42. The molecule has 1 fully saturated rings. The lowest BCUT2D eigenvalue weighted by atomic mass is 9.94. The molecule has 0 aromatic heterocycles. The van der Waals surface area contributed by atoms with Crippen LogP contribution in [0.3, 0.4) is 0 Å². The Morgan fingerprint density at radius 2 is 2.11 bits per heavy atom. The molecule has 1 saturated heterocycles. The molecule has 1 aromatic carbocycles. The molecule has 1 heterocycles. The molecule has 3 unspecified atom stereocenters. The van der Waals surface area contributed by atoms with E-state index in [9.17, 15) is 0 Å². The van der Waals surface area contributed by atoms with Gasteiger partial charge in [0.1, 0.15) is 0 Å². The Bertz CT molecular complexity index is 366. The van der Waals surface area contributed by atoms with Crippen molar-refractivity contribution >= 4 is 0 Å². The third-order valence-corrected chi connectivity index (χ3v) is 4.23. The second kappa shape index (κ2) is 7.04. The van der Waals surface area contributed by atoms with E-state index in [1.54, 1.807) is 7.11 Å². The molecule has 1 aromatic rings. The zero-order chi connectivity index (χ0) is 13.7. The Hall–Kier alpha value is -0.900. The van der Waals surface area contributed by atoms with E-state index in [0.29, 0.717) is 12.0 Å². The number of hydrogen-bond acceptors (Lipinski definition) is 3. The van der Waals surface area contributed by atoms with Gasteiger partial charge in [0.25, 0.3) is 0 Å². The molecule has 1 aliphatic rings. The van der Waals surface area contributed by atoms with Gasteiger partial charge in [-0.15, -0.1) is 0 Å². The van der Waals surface area contributed by atoms with E-state index in [1.807, 2.05) is 6.07 Å². The number of nitrogens with zero attached hydrogens (tertiary/aromatic N) is 1. The van der Waals surface area contributed by atoms with E-state index in [4.69, 9.17) is 10.5 Å². The smallest absolute Gasteiger partial charge is 0.0502 e. The normalized spacial score (nSPS) is 24.1. The summed E-state index contributed by atoms with van der Waals surface area (Å²) in [5.41, 5.74) is 7.64. The van der Waals surface area contributed by atoms with Gasteiger partial charge >= 0.3 is 0 Å². The van der Waals surface area contributed by atoms with Crippen molar-refractivity contribution in [2.45, 2.75) is 31.8 Å². The maximum Gasteiger partial charge on any atom is 0.0502 e. The first-order valence-corrected chi connectivity index (χ1v) is 7.26. The molecule has 2 rings (SSSR count). The molecule has 0 spiro atoms. The van der Waals surface area contributed by atoms with Crippen LogP contribution in [0.15, 0.2) is 30.3 Å². The molecule has 0 bridgehead atoms. The molecular formula is C16H26N2O. The van der Waals surface area contributed by atoms with Crippen molar-refractivity contribution in [3.63, 3.8) is 0 Å². The number of piperidine rings is 1. The number of likely N-dealkylation sites (tertiary alicyclic amines) is 1. The molecule has 0 amide bonds. The van der Waals surface area contributed by atoms with Crippen LogP contribution in [0.1, 0.15) is 31.4 Å². The molecule has 3 nitrogen and oxygen atoms in total. The highest BCUT2D eigenvalue weighted by molar-refractivity contribution is 5.20. The van der Waals surface area contributed by atoms with Crippen molar-refractivity contribution < 1.29 is 4.74 Å². The van der Waals surface area contributed by atoms with Crippen LogP contribution < -0.4 is 5.73 Å². The summed E-state index contributed by atoms with van der Waals surface area (Å²) >= 11 is 0. The van der Waals surface area contributed by atoms with Crippen molar-refractivity contribution in [1.82, 2.24) is 4.90 Å². The van der Waals surface area contributed by atoms with Crippen LogP contribution in [0, 0.1) is 5.92 Å². The standard InChI is InChI=1S/C16H26N2O/c1-13(16(17)15-8-4-3-5-9-15)18-10-6-7-14(11-18)12-19-2/h3-5,8-9,13-14,16H,6-7,10-12,17H2,1-2H3. The van der Waals surface area contributed by atoms with Gasteiger partial charge in [-0.1, -0.05) is 30.3 Å². The summed E-state index contributed by atoms with van der Waals surface area (Å²) in [5.74, 6) is 0.657. The Morgan fingerprint density at radius 1 is 1.37 bits per heavy atom. The molecule has 19 heavy (non-hydrogen) atoms. The summed E-state index contributed by atoms with van der Waals surface area (Å²) in [7, 11) is 1.79. The van der Waals surface area contributed by atoms with Gasteiger partial charge in [-0.25, -0.2) is 0 Å².